The molecule has 0 unspecified atom stereocenters. The number of piperazine rings is 2. The number of carbonyl (C=O) groups is 4. The number of carbonyl (C=O) groups excluding carboxylic acids is 4. The van der Waals surface area contributed by atoms with E-state index in [-0.39, 0.29) is 30.7 Å². The Morgan fingerprint density at radius 3 is 1.15 bits per heavy atom. The van der Waals surface area contributed by atoms with Crippen molar-refractivity contribution in [3.8, 4) is 12.3 Å². The molecule has 2 spiro atoms. The zero-order valence-electron chi connectivity index (χ0n) is 91.9. The van der Waals surface area contributed by atoms with Gasteiger partial charge in [0.1, 0.15) is 0 Å². The van der Waals surface area contributed by atoms with Gasteiger partial charge in [-0.1, -0.05) is 159 Å². The van der Waals surface area contributed by atoms with E-state index in [1.165, 1.54) is 296 Å². The first-order chi connectivity index (χ1) is 66.7. The summed E-state index contributed by atoms with van der Waals surface area (Å²) >= 11 is 0. The summed E-state index contributed by atoms with van der Waals surface area (Å²) in [5.41, 5.74) is 6.41. The third-order valence-electron chi connectivity index (χ3n) is 26.9. The van der Waals surface area contributed by atoms with E-state index in [1.54, 1.807) is 0 Å². The van der Waals surface area contributed by atoms with E-state index in [4.69, 9.17) is 29.9 Å². The van der Waals surface area contributed by atoms with Crippen LogP contribution in [0.1, 0.15) is 351 Å². The van der Waals surface area contributed by atoms with Crippen LogP contribution in [0.15, 0.2) is 48.5 Å². The minimum absolute atomic E-state index is 0.0412. The lowest BCUT2D eigenvalue weighted by Crippen LogP contribution is -2.71. The summed E-state index contributed by atoms with van der Waals surface area (Å²) in [4.78, 5) is 66.1. The summed E-state index contributed by atoms with van der Waals surface area (Å²) in [6, 6.07) is 16.9. The monoisotopic (exact) mass is 1920 g/mol. The van der Waals surface area contributed by atoms with E-state index in [1.807, 2.05) is 51.9 Å². The van der Waals surface area contributed by atoms with Gasteiger partial charge in [-0.2, -0.15) is 0 Å². The second kappa shape index (κ2) is 87.9. The van der Waals surface area contributed by atoms with Gasteiger partial charge in [-0.3, -0.25) is 19.2 Å². The molecule has 22 nitrogen and oxygen atoms in total. The number of likely N-dealkylation sites (tertiary alicyclic amines) is 4. The molecule has 9 rings (SSSR count). The number of ether oxygens (including phenoxy) is 3. The number of piperidine rings is 1. The quantitative estimate of drug-likeness (QED) is 0.0238. The molecule has 6 saturated heterocycles. The first kappa shape index (κ1) is 128. The number of nitrogens with zero attached hydrogens (tertiary/aromatic N) is 8. The van der Waals surface area contributed by atoms with Crippen molar-refractivity contribution >= 4 is 30.7 Å². The Kier molecular flexibility index (Phi) is 82.4. The number of terminal acetylenes is 1. The zero-order chi connectivity index (χ0) is 100. The molecular formula is C114H216BN13O9. The summed E-state index contributed by atoms with van der Waals surface area (Å²) in [6.07, 6.45) is 48.9. The maximum absolute atomic E-state index is 11.5. The zero-order valence-corrected chi connectivity index (χ0v) is 91.9. The summed E-state index contributed by atoms with van der Waals surface area (Å²) in [7, 11) is -0.219. The average Bonchev–Trinajstić information content (AvgIpc) is 0.752. The van der Waals surface area contributed by atoms with Gasteiger partial charge in [-0.05, 0) is 337 Å². The fraction of sp³-hybridized carbons (Fsp3) is 0.842. The van der Waals surface area contributed by atoms with E-state index in [0.717, 1.165) is 198 Å². The van der Waals surface area contributed by atoms with Gasteiger partial charge in [0.2, 0.25) is 23.6 Å². The van der Waals surface area contributed by atoms with Crippen LogP contribution in [-0.2, 0) is 62.0 Å². The van der Waals surface area contributed by atoms with E-state index < -0.39 is 0 Å². The topological polar surface area (TPSA) is 200 Å². The molecule has 1 saturated carbocycles. The van der Waals surface area contributed by atoms with Crippen molar-refractivity contribution < 1.29 is 42.7 Å². The Morgan fingerprint density at radius 2 is 0.708 bits per heavy atom. The van der Waals surface area contributed by atoms with Gasteiger partial charge < -0.3 is 89.3 Å². The van der Waals surface area contributed by atoms with Gasteiger partial charge in [-0.25, -0.2) is 0 Å². The van der Waals surface area contributed by atoms with Crippen molar-refractivity contribution in [3.05, 3.63) is 70.8 Å². The smallest absolute Gasteiger partial charge is 0.411 e. The molecule has 0 atom stereocenters. The number of benzene rings is 2. The maximum Gasteiger partial charge on any atom is 0.453 e. The van der Waals surface area contributed by atoms with E-state index in [9.17, 15) is 19.2 Å². The molecule has 6 aliphatic heterocycles. The van der Waals surface area contributed by atoms with E-state index in [2.05, 4.69) is 179 Å². The van der Waals surface area contributed by atoms with Gasteiger partial charge in [0.05, 0.1) is 0 Å². The molecule has 0 radical (unpaired) electrons. The molecule has 1 aliphatic carbocycles. The molecule has 2 aromatic rings. The fourth-order valence-electron chi connectivity index (χ4n) is 18.6. The second-order valence-corrected chi connectivity index (χ2v) is 40.6. The summed E-state index contributed by atoms with van der Waals surface area (Å²) < 4.78 is 27.1. The first-order valence-electron chi connectivity index (χ1n) is 56.9. The van der Waals surface area contributed by atoms with Crippen LogP contribution in [0.5, 0.6) is 0 Å². The van der Waals surface area contributed by atoms with Crippen LogP contribution in [-0.4, -0.2) is 319 Å². The summed E-state index contributed by atoms with van der Waals surface area (Å²) in [5.74, 6) is 5.15. The largest absolute Gasteiger partial charge is 0.453 e. The minimum Gasteiger partial charge on any atom is -0.411 e. The van der Waals surface area contributed by atoms with Crippen LogP contribution >= 0.6 is 0 Å². The molecule has 0 aromatic heterocycles. The van der Waals surface area contributed by atoms with Crippen LogP contribution in [0, 0.1) is 35.0 Å². The fourth-order valence-corrected chi connectivity index (χ4v) is 18.6. The molecule has 23 heteroatoms. The molecule has 2 aromatic carbocycles. The van der Waals surface area contributed by atoms with Gasteiger partial charge in [0, 0.05) is 207 Å². The highest BCUT2D eigenvalue weighted by Crippen LogP contribution is 2.45. The third kappa shape index (κ3) is 69.1. The predicted molar refractivity (Wildman–Crippen MR) is 583 cm³/mol. The molecule has 6 heterocycles. The highest BCUT2D eigenvalue weighted by atomic mass is 16.6. The summed E-state index contributed by atoms with van der Waals surface area (Å²) in [6.45, 7) is 77.1. The predicted octanol–water partition coefficient (Wildman–Crippen LogP) is 19.8. The van der Waals surface area contributed by atoms with Crippen molar-refractivity contribution in [2.75, 3.05) is 249 Å². The van der Waals surface area contributed by atoms with Crippen LogP contribution in [0.2, 0.25) is 6.82 Å². The van der Waals surface area contributed by atoms with E-state index in [0.29, 0.717) is 44.3 Å². The molecule has 137 heavy (non-hydrogen) atoms. The number of amides is 4. The molecule has 7 fully saturated rings. The van der Waals surface area contributed by atoms with Crippen molar-refractivity contribution in [2.45, 2.75) is 355 Å². The number of hydrogen-bond donors (Lipinski definition) is 5. The normalized spacial score (nSPS) is 16.8. The number of rotatable bonds is 64. The van der Waals surface area contributed by atoms with Crippen LogP contribution in [0.25, 0.3) is 0 Å². The number of nitrogens with one attached hydrogen (secondary N) is 5. The lowest BCUT2D eigenvalue weighted by atomic mass is 9.66. The van der Waals surface area contributed by atoms with Gasteiger partial charge in [0.25, 0.3) is 0 Å². The first-order valence-corrected chi connectivity index (χ1v) is 56.9. The molecule has 4 amide bonds. The molecular weight excluding hydrogens is 1710 g/mol. The average molecular weight is 1920 g/mol. The van der Waals surface area contributed by atoms with Crippen molar-refractivity contribution in [2.24, 2.45) is 22.7 Å². The van der Waals surface area contributed by atoms with Crippen molar-refractivity contribution in [3.63, 3.8) is 0 Å². The van der Waals surface area contributed by atoms with Crippen LogP contribution in [0.4, 0.5) is 0 Å². The second-order valence-electron chi connectivity index (χ2n) is 40.6. The Hall–Kier alpha value is -4.62. The number of unbranched alkanes of at least 4 members (excludes halogenated alkanes) is 6. The van der Waals surface area contributed by atoms with Crippen molar-refractivity contribution in [1.29, 1.82) is 0 Å². The van der Waals surface area contributed by atoms with Crippen LogP contribution in [0.3, 0.4) is 0 Å². The Labute approximate surface area is 844 Å². The summed E-state index contributed by atoms with van der Waals surface area (Å²) in [5, 5.41) is 15.0. The van der Waals surface area contributed by atoms with E-state index >= 15 is 0 Å². The maximum atomic E-state index is 11.5. The minimum atomic E-state index is -0.219. The number of hydrogen-bond acceptors (Lipinski definition) is 18. The van der Waals surface area contributed by atoms with Gasteiger partial charge >= 0.3 is 7.12 Å². The molecule has 794 valence electrons. The highest BCUT2D eigenvalue weighted by Gasteiger charge is 2.51. The third-order valence-corrected chi connectivity index (χ3v) is 26.9. The molecule has 0 bridgehead atoms. The van der Waals surface area contributed by atoms with Crippen LogP contribution < -0.4 is 26.6 Å². The van der Waals surface area contributed by atoms with Gasteiger partial charge in [0.15, 0.2) is 0 Å². The molecule has 5 N–H and O–H groups in total. The number of aryl methyl sites for hydroxylation is 3. The van der Waals surface area contributed by atoms with Crippen molar-refractivity contribution in [1.82, 2.24) is 65.8 Å². The highest BCUT2D eigenvalue weighted by molar-refractivity contribution is 6.42. The lowest BCUT2D eigenvalue weighted by Gasteiger charge is -2.60. The Bertz CT molecular complexity index is 3120. The molecule has 7 aliphatic rings. The standard InChI is InChI=1S/C17H33NO.C15H29N3O.C15H19NO.C15H24O.C14H29N3O.C14H31N3.C14H29NO.C10H22BNO3/c1-3-12-19-13-6-4-5-11-18-14-17(15-18)9-7-16(2)8-10-17;1-3-7-16-14(19)6-5-9-18-12-15(13-18)10-17(11-15)8-4-2;1-3-12-16-15(17)7-5-6-14-10-8-13(4-2)9-11-14;1-3-11-16-12-6-5-8-15-10-7-9-14(4-2)13-15;1-3-7-15-14(18)6-5-9-17-12-10-16(8-4-2)11-13-17;1-3-7-15-8-5-6-10-17-13-11-16(9-4-2)12-14-17;1-3-12-16-13-6-4-5-9-15-10-7-14(2)8-11-15;1-4-7-12-10(13)6-9-15-11(3)14-8-5-2/h16H,3-15H2,1-2H3;3-13H2,1-2H3,(H,16,19);2,8-11H,3,5-7,12H2,1H3,(H,16,17);7,9-10,13H,3-6,8,11-12H2,1-2H3;3-13H2,1-2H3,(H,15,18);15H,3-14H2,1-2H3;14H,3-13H2,1-2H3;4-9H2,1-3H3,(H,12,13). The lowest BCUT2D eigenvalue weighted by molar-refractivity contribution is -0.123. The SMILES string of the molecule is C#Cc1ccc(CCCC(=O)NCCC)cc1.CCCNC(=O)CCCN1CC2(CN(CCC)C2)C1.CCCNC(=O)CCCN1CCN(CCC)CC1.CCCNC(=O)CCOB(C)OCCC.CCCNCCCCN1CCN(CCC)CC1.CCCOCCCCCN1CC2(CCC(C)CC2)C1.CCCOCCCCCN1CCC(C)CC1.CCCOCCCCc1cccc(CC)c1. The van der Waals surface area contributed by atoms with Gasteiger partial charge in [-0.15, -0.1) is 6.42 Å². The Morgan fingerprint density at radius 1 is 0.343 bits per heavy atom. The Balaban J connectivity index is 0.000000530.